The standard InChI is InChI=1S/C39H48ClN5O6S/c1-5-50-38-31(21-44(3)41-38)37(47)43-52(48)22-25(2)8-6-10-34(49-4)30-14-11-28(30)20-45-23-39(17-7-9-26-18-29(40)13-15-32(26)39)24-51-35-16-12-27(19-33(35)45)36(46)42-52/h6,10,12-13,15-16,18-19,21,25,28,30,34H,5,7-9,11,14,17,20,22-24H2,1-4H3,(H,42,43,46,47,48)/b10-6+/t25-,28-,30+,34-,39-,52-/m0/s1. The molecule has 2 aliphatic carbocycles. The Morgan fingerprint density at radius 3 is 2.83 bits per heavy atom. The molecule has 1 spiro atoms. The lowest BCUT2D eigenvalue weighted by Crippen LogP contribution is -2.49. The summed E-state index contributed by atoms with van der Waals surface area (Å²) in [4.78, 5) is 30.0. The highest BCUT2D eigenvalue weighted by Gasteiger charge is 2.44. The number of rotatable bonds is 5. The van der Waals surface area contributed by atoms with Crippen molar-refractivity contribution in [3.05, 3.63) is 82.0 Å². The number of nitrogens with one attached hydrogen (secondary N) is 1. The number of aryl methyl sites for hydroxylation is 2. The van der Waals surface area contributed by atoms with Gasteiger partial charge in [-0.05, 0) is 105 Å². The molecule has 3 aromatic rings. The van der Waals surface area contributed by atoms with Gasteiger partial charge in [-0.15, -0.1) is 9.46 Å². The molecule has 11 nitrogen and oxygen atoms in total. The fourth-order valence-corrected chi connectivity index (χ4v) is 10.5. The van der Waals surface area contributed by atoms with E-state index in [-0.39, 0.29) is 40.2 Å². The van der Waals surface area contributed by atoms with Gasteiger partial charge in [-0.25, -0.2) is 4.21 Å². The van der Waals surface area contributed by atoms with E-state index in [0.29, 0.717) is 43.8 Å². The number of carbonyl (C=O) groups excluding carboxylic acids is 2. The highest BCUT2D eigenvalue weighted by Crippen LogP contribution is 2.47. The van der Waals surface area contributed by atoms with Crippen molar-refractivity contribution in [1.82, 2.24) is 14.5 Å². The Balaban J connectivity index is 1.30. The van der Waals surface area contributed by atoms with Crippen LogP contribution in [0.5, 0.6) is 11.6 Å². The summed E-state index contributed by atoms with van der Waals surface area (Å²) < 4.78 is 41.3. The van der Waals surface area contributed by atoms with Crippen LogP contribution in [-0.2, 0) is 33.5 Å². The summed E-state index contributed by atoms with van der Waals surface area (Å²) in [5.74, 6) is -0.0386. The summed E-state index contributed by atoms with van der Waals surface area (Å²) in [5.41, 5.74) is 3.45. The van der Waals surface area contributed by atoms with Gasteiger partial charge in [0, 0.05) is 49.4 Å². The van der Waals surface area contributed by atoms with E-state index in [4.69, 9.17) is 25.8 Å². The first-order chi connectivity index (χ1) is 25.0. The minimum atomic E-state index is -3.60. The van der Waals surface area contributed by atoms with Crippen molar-refractivity contribution in [3.63, 3.8) is 0 Å². The molecular weight excluding hydrogens is 702 g/mol. The second kappa shape index (κ2) is 14.9. The molecule has 0 saturated heterocycles. The molecular formula is C39H48ClN5O6S. The normalized spacial score (nSPS) is 29.4. The summed E-state index contributed by atoms with van der Waals surface area (Å²) >= 11 is 6.46. The Hall–Kier alpha value is -3.87. The minimum Gasteiger partial charge on any atom is -0.490 e. The molecule has 7 rings (SSSR count). The third-order valence-electron chi connectivity index (χ3n) is 11.1. The number of allylic oxidation sites excluding steroid dienone is 1. The molecule has 6 atom stereocenters. The molecule has 1 fully saturated rings. The maximum absolute atomic E-state index is 14.6. The summed E-state index contributed by atoms with van der Waals surface area (Å²) in [5, 5.41) is 4.95. The smallest absolute Gasteiger partial charge is 0.286 e. The number of fused-ring (bicyclic) bond motifs is 4. The third kappa shape index (κ3) is 7.34. The molecule has 1 saturated carbocycles. The molecule has 13 heteroatoms. The van der Waals surface area contributed by atoms with Gasteiger partial charge in [0.15, 0.2) is 0 Å². The molecule has 278 valence electrons. The van der Waals surface area contributed by atoms with E-state index in [9.17, 15) is 13.8 Å². The molecule has 0 unspecified atom stereocenters. The van der Waals surface area contributed by atoms with Gasteiger partial charge in [0.2, 0.25) is 5.88 Å². The van der Waals surface area contributed by atoms with Crippen LogP contribution in [0.25, 0.3) is 0 Å². The van der Waals surface area contributed by atoms with E-state index in [1.165, 1.54) is 22.0 Å². The first-order valence-corrected chi connectivity index (χ1v) is 20.3. The second-order valence-corrected chi connectivity index (χ2v) is 17.3. The Morgan fingerprint density at radius 2 is 2.06 bits per heavy atom. The fraction of sp³-hybridized carbons (Fsp3) is 0.513. The van der Waals surface area contributed by atoms with Crippen molar-refractivity contribution < 1.29 is 28.0 Å². The van der Waals surface area contributed by atoms with Gasteiger partial charge in [-0.3, -0.25) is 19.0 Å². The highest BCUT2D eigenvalue weighted by atomic mass is 35.5. The van der Waals surface area contributed by atoms with E-state index in [1.54, 1.807) is 27.1 Å². The zero-order valence-corrected chi connectivity index (χ0v) is 31.9. The van der Waals surface area contributed by atoms with Gasteiger partial charge < -0.3 is 19.1 Å². The molecule has 2 bridgehead atoms. The Labute approximate surface area is 311 Å². The minimum absolute atomic E-state index is 0.0329. The first-order valence-electron chi connectivity index (χ1n) is 18.3. The molecule has 2 aromatic carbocycles. The second-order valence-electron chi connectivity index (χ2n) is 14.8. The molecule has 1 N–H and O–H groups in total. The zero-order valence-electron chi connectivity index (χ0n) is 30.3. The lowest BCUT2D eigenvalue weighted by Gasteiger charge is -2.46. The van der Waals surface area contributed by atoms with Crippen LogP contribution in [0.4, 0.5) is 5.69 Å². The molecule has 3 heterocycles. The lowest BCUT2D eigenvalue weighted by atomic mass is 9.68. The molecule has 2 aliphatic heterocycles. The van der Waals surface area contributed by atoms with E-state index in [0.717, 1.165) is 49.4 Å². The molecule has 4 aliphatic rings. The number of ether oxygens (including phenoxy) is 3. The van der Waals surface area contributed by atoms with E-state index in [1.807, 2.05) is 25.1 Å². The maximum atomic E-state index is 14.6. The highest BCUT2D eigenvalue weighted by molar-refractivity contribution is 7.92. The van der Waals surface area contributed by atoms with Gasteiger partial charge in [0.25, 0.3) is 11.8 Å². The van der Waals surface area contributed by atoms with Gasteiger partial charge in [0.1, 0.15) is 21.2 Å². The zero-order chi connectivity index (χ0) is 36.6. The summed E-state index contributed by atoms with van der Waals surface area (Å²) in [6.07, 6.45) is 11.3. The summed E-state index contributed by atoms with van der Waals surface area (Å²) in [6.45, 7) is 5.99. The Morgan fingerprint density at radius 1 is 1.21 bits per heavy atom. The summed E-state index contributed by atoms with van der Waals surface area (Å²) in [7, 11) is -0.173. The average Bonchev–Trinajstić information content (AvgIpc) is 3.39. The number of aromatic nitrogens is 2. The van der Waals surface area contributed by atoms with Gasteiger partial charge in [-0.1, -0.05) is 36.7 Å². The van der Waals surface area contributed by atoms with Crippen LogP contribution in [0.3, 0.4) is 0 Å². The van der Waals surface area contributed by atoms with Gasteiger partial charge in [0.05, 0.1) is 30.8 Å². The number of benzene rings is 2. The number of amides is 2. The lowest BCUT2D eigenvalue weighted by molar-refractivity contribution is 0.0131. The quantitative estimate of drug-likeness (QED) is 0.292. The largest absolute Gasteiger partial charge is 0.490 e. The predicted octanol–water partition coefficient (Wildman–Crippen LogP) is 6.54. The Kier molecular flexibility index (Phi) is 10.4. The van der Waals surface area contributed by atoms with Crippen LogP contribution in [0.2, 0.25) is 5.02 Å². The number of methoxy groups -OCH3 is 1. The fourth-order valence-electron chi connectivity index (χ4n) is 8.43. The van der Waals surface area contributed by atoms with Crippen LogP contribution < -0.4 is 19.1 Å². The van der Waals surface area contributed by atoms with Crippen molar-refractivity contribution in [3.8, 4) is 11.6 Å². The van der Waals surface area contributed by atoms with E-state index >= 15 is 0 Å². The van der Waals surface area contributed by atoms with Crippen LogP contribution in [0, 0.1) is 17.8 Å². The summed E-state index contributed by atoms with van der Waals surface area (Å²) in [6, 6.07) is 11.5. The van der Waals surface area contributed by atoms with Crippen LogP contribution in [0.1, 0.15) is 77.8 Å². The van der Waals surface area contributed by atoms with Crippen LogP contribution >= 0.6 is 11.6 Å². The predicted molar refractivity (Wildman–Crippen MR) is 202 cm³/mol. The SMILES string of the molecule is CCOc1nn(C)cc1C(=O)N[S@@]1(=O)=NC(=O)c2ccc3c(c2)N(C[C@@H]2CC[C@H]2[C@@H](OC)/C=C/C[C@H](C)C1)C[C@@]1(CCCc2cc(Cl)ccc21)CO3. The molecule has 1 aromatic heterocycles. The monoisotopic (exact) mass is 749 g/mol. The topological polar surface area (TPSA) is 124 Å². The van der Waals surface area contributed by atoms with Crippen molar-refractivity contribution in [1.29, 1.82) is 0 Å². The first kappa shape index (κ1) is 36.5. The number of hydrogen-bond acceptors (Lipinski definition) is 8. The average molecular weight is 750 g/mol. The van der Waals surface area contributed by atoms with Gasteiger partial charge >= 0.3 is 0 Å². The van der Waals surface area contributed by atoms with Crippen molar-refractivity contribution in [2.75, 3.05) is 44.1 Å². The van der Waals surface area contributed by atoms with E-state index < -0.39 is 21.7 Å². The molecule has 52 heavy (non-hydrogen) atoms. The van der Waals surface area contributed by atoms with E-state index in [2.05, 4.69) is 43.4 Å². The molecule has 0 radical (unpaired) electrons. The Bertz CT molecular complexity index is 2010. The third-order valence-corrected chi connectivity index (χ3v) is 13.3. The number of nitrogens with zero attached hydrogens (tertiary/aromatic N) is 4. The molecule has 2 amide bonds. The number of halogens is 1. The number of carbonyl (C=O) groups is 2. The number of hydrogen-bond donors (Lipinski definition) is 1. The van der Waals surface area contributed by atoms with Crippen LogP contribution in [-0.4, -0.2) is 71.1 Å². The maximum Gasteiger partial charge on any atom is 0.286 e. The van der Waals surface area contributed by atoms with Crippen molar-refractivity contribution >= 4 is 39.0 Å². The number of anilines is 1. The van der Waals surface area contributed by atoms with Crippen molar-refractivity contribution in [2.24, 2.45) is 29.2 Å². The van der Waals surface area contributed by atoms with Crippen LogP contribution in [0.15, 0.2) is 59.1 Å². The van der Waals surface area contributed by atoms with Gasteiger partial charge in [-0.2, -0.15) is 0 Å². The van der Waals surface area contributed by atoms with Crippen molar-refractivity contribution in [2.45, 2.75) is 63.9 Å².